The van der Waals surface area contributed by atoms with Crippen LogP contribution in [0.1, 0.15) is 26.2 Å². The minimum Gasteiger partial charge on any atom is -0.377 e. The topological polar surface area (TPSA) is 58.8 Å². The lowest BCUT2D eigenvalue weighted by molar-refractivity contribution is -0.137. The van der Waals surface area contributed by atoms with Crippen molar-refractivity contribution in [1.82, 2.24) is 9.80 Å². The van der Waals surface area contributed by atoms with Gasteiger partial charge in [0.15, 0.2) is 0 Å². The Balaban J connectivity index is 1.73. The Morgan fingerprint density at radius 1 is 1.37 bits per heavy atom. The number of carbonyl (C=O) groups excluding carboxylic acids is 1. The molecule has 5 heteroatoms. The molecule has 0 bridgehead atoms. The largest absolute Gasteiger partial charge is 0.377 e. The lowest BCUT2D eigenvalue weighted by atomic mass is 10.0. The molecule has 2 heterocycles. The molecule has 1 amide bonds. The Morgan fingerprint density at radius 3 is 2.63 bits per heavy atom. The van der Waals surface area contributed by atoms with Gasteiger partial charge >= 0.3 is 0 Å². The molecule has 2 N–H and O–H groups in total. The Bertz CT molecular complexity index is 280. The first-order valence-electron chi connectivity index (χ1n) is 7.57. The number of nitrogens with two attached hydrogens (primary N) is 1. The summed E-state index contributed by atoms with van der Waals surface area (Å²) in [5.41, 5.74) is 5.65. The predicted molar refractivity (Wildman–Crippen MR) is 74.8 cm³/mol. The van der Waals surface area contributed by atoms with Crippen LogP contribution in [0, 0.1) is 5.92 Å². The van der Waals surface area contributed by atoms with Crippen molar-refractivity contribution in [3.63, 3.8) is 0 Å². The van der Waals surface area contributed by atoms with Crippen molar-refractivity contribution < 1.29 is 9.53 Å². The number of carbonyl (C=O) groups is 1. The van der Waals surface area contributed by atoms with Crippen LogP contribution in [0.5, 0.6) is 0 Å². The zero-order valence-electron chi connectivity index (χ0n) is 12.0. The summed E-state index contributed by atoms with van der Waals surface area (Å²) in [6.07, 6.45) is 3.63. The van der Waals surface area contributed by atoms with Gasteiger partial charge < -0.3 is 15.4 Å². The Labute approximate surface area is 116 Å². The quantitative estimate of drug-likeness (QED) is 0.779. The molecule has 0 aromatic rings. The lowest BCUT2D eigenvalue weighted by Crippen LogP contribution is -2.52. The molecule has 0 radical (unpaired) electrons. The van der Waals surface area contributed by atoms with Crippen LogP contribution in [0.25, 0.3) is 0 Å². The second-order valence-corrected chi connectivity index (χ2v) is 5.60. The van der Waals surface area contributed by atoms with Crippen LogP contribution in [0.3, 0.4) is 0 Å². The monoisotopic (exact) mass is 269 g/mol. The van der Waals surface area contributed by atoms with Crippen LogP contribution in [0.2, 0.25) is 0 Å². The molecule has 0 spiro atoms. The average molecular weight is 269 g/mol. The number of amides is 1. The van der Waals surface area contributed by atoms with Crippen molar-refractivity contribution >= 4 is 5.91 Å². The molecule has 2 aliphatic heterocycles. The summed E-state index contributed by atoms with van der Waals surface area (Å²) in [6.45, 7) is 8.03. The zero-order chi connectivity index (χ0) is 13.7. The Hall–Kier alpha value is -0.650. The summed E-state index contributed by atoms with van der Waals surface area (Å²) in [5.74, 6) is 0.242. The van der Waals surface area contributed by atoms with Crippen molar-refractivity contribution in [3.8, 4) is 0 Å². The van der Waals surface area contributed by atoms with Crippen LogP contribution in [-0.4, -0.2) is 67.7 Å². The van der Waals surface area contributed by atoms with E-state index in [0.29, 0.717) is 12.6 Å². The van der Waals surface area contributed by atoms with Crippen molar-refractivity contribution in [2.24, 2.45) is 11.7 Å². The number of hydrogen-bond acceptors (Lipinski definition) is 4. The summed E-state index contributed by atoms with van der Waals surface area (Å²) in [6, 6.07) is 0. The third-order valence-corrected chi connectivity index (χ3v) is 4.30. The molecule has 110 valence electrons. The van der Waals surface area contributed by atoms with E-state index >= 15 is 0 Å². The van der Waals surface area contributed by atoms with Gasteiger partial charge in [-0.1, -0.05) is 6.92 Å². The highest BCUT2D eigenvalue weighted by molar-refractivity contribution is 5.79. The van der Waals surface area contributed by atoms with Gasteiger partial charge in [-0.3, -0.25) is 9.69 Å². The first-order chi connectivity index (χ1) is 9.24. The van der Waals surface area contributed by atoms with E-state index in [2.05, 4.69) is 4.90 Å². The number of rotatable bonds is 5. The van der Waals surface area contributed by atoms with Gasteiger partial charge in [0, 0.05) is 45.9 Å². The maximum atomic E-state index is 12.2. The van der Waals surface area contributed by atoms with Crippen LogP contribution in [0.15, 0.2) is 0 Å². The van der Waals surface area contributed by atoms with E-state index in [4.69, 9.17) is 10.5 Å². The second kappa shape index (κ2) is 7.22. The van der Waals surface area contributed by atoms with E-state index in [9.17, 15) is 4.79 Å². The van der Waals surface area contributed by atoms with Crippen molar-refractivity contribution in [2.45, 2.75) is 32.3 Å². The molecule has 2 rings (SSSR count). The lowest BCUT2D eigenvalue weighted by Gasteiger charge is -2.37. The maximum Gasteiger partial charge on any atom is 0.227 e. The van der Waals surface area contributed by atoms with Crippen molar-refractivity contribution in [1.29, 1.82) is 0 Å². The molecule has 0 aromatic heterocycles. The molecule has 2 fully saturated rings. The Morgan fingerprint density at radius 2 is 2.11 bits per heavy atom. The maximum absolute atomic E-state index is 12.2. The summed E-state index contributed by atoms with van der Waals surface area (Å²) >= 11 is 0. The Kier molecular flexibility index (Phi) is 5.60. The standard InChI is InChI=1S/C14H27N3O2/c1-2-12(10-15)14(18)17-7-5-16(6-8-17)11-13-4-3-9-19-13/h12-13H,2-11,15H2,1H3. The highest BCUT2D eigenvalue weighted by Gasteiger charge is 2.27. The number of piperazine rings is 1. The molecular weight excluding hydrogens is 242 g/mol. The van der Waals surface area contributed by atoms with Gasteiger partial charge in [0.25, 0.3) is 0 Å². The second-order valence-electron chi connectivity index (χ2n) is 5.60. The van der Waals surface area contributed by atoms with Crippen molar-refractivity contribution in [2.75, 3.05) is 45.9 Å². The molecule has 2 unspecified atom stereocenters. The number of hydrogen-bond donors (Lipinski definition) is 1. The van der Waals surface area contributed by atoms with E-state index < -0.39 is 0 Å². The summed E-state index contributed by atoms with van der Waals surface area (Å²) in [5, 5.41) is 0. The highest BCUT2D eigenvalue weighted by atomic mass is 16.5. The number of ether oxygens (including phenoxy) is 1. The number of nitrogens with zero attached hydrogens (tertiary/aromatic N) is 2. The molecule has 2 saturated heterocycles. The fourth-order valence-electron chi connectivity index (χ4n) is 2.93. The van der Waals surface area contributed by atoms with Crippen LogP contribution < -0.4 is 5.73 Å². The molecule has 2 aliphatic rings. The first kappa shape index (κ1) is 14.8. The molecular formula is C14H27N3O2. The van der Waals surface area contributed by atoms with Crippen LogP contribution in [-0.2, 0) is 9.53 Å². The summed E-state index contributed by atoms with van der Waals surface area (Å²) in [4.78, 5) is 16.6. The predicted octanol–water partition coefficient (Wildman–Crippen LogP) is 0.295. The van der Waals surface area contributed by atoms with E-state index in [1.807, 2.05) is 11.8 Å². The van der Waals surface area contributed by atoms with E-state index in [1.54, 1.807) is 0 Å². The van der Waals surface area contributed by atoms with Crippen LogP contribution >= 0.6 is 0 Å². The highest BCUT2D eigenvalue weighted by Crippen LogP contribution is 2.15. The van der Waals surface area contributed by atoms with E-state index in [0.717, 1.165) is 45.8 Å². The fourth-order valence-corrected chi connectivity index (χ4v) is 2.93. The third kappa shape index (κ3) is 3.91. The first-order valence-corrected chi connectivity index (χ1v) is 7.57. The normalized spacial score (nSPS) is 26.6. The zero-order valence-corrected chi connectivity index (χ0v) is 12.0. The SMILES string of the molecule is CCC(CN)C(=O)N1CCN(CC2CCCO2)CC1. The van der Waals surface area contributed by atoms with Gasteiger partial charge in [-0.15, -0.1) is 0 Å². The summed E-state index contributed by atoms with van der Waals surface area (Å²) < 4.78 is 5.66. The molecule has 2 atom stereocenters. The summed E-state index contributed by atoms with van der Waals surface area (Å²) in [7, 11) is 0. The van der Waals surface area contributed by atoms with Gasteiger partial charge in [0.1, 0.15) is 0 Å². The van der Waals surface area contributed by atoms with Crippen LogP contribution in [0.4, 0.5) is 0 Å². The van der Waals surface area contributed by atoms with Gasteiger partial charge in [0.2, 0.25) is 5.91 Å². The fraction of sp³-hybridized carbons (Fsp3) is 0.929. The van der Waals surface area contributed by atoms with Gasteiger partial charge in [-0.05, 0) is 19.3 Å². The minimum absolute atomic E-state index is 0.00437. The van der Waals surface area contributed by atoms with Gasteiger partial charge in [-0.25, -0.2) is 0 Å². The molecule has 0 saturated carbocycles. The third-order valence-electron chi connectivity index (χ3n) is 4.30. The molecule has 5 nitrogen and oxygen atoms in total. The minimum atomic E-state index is 0.00437. The van der Waals surface area contributed by atoms with Gasteiger partial charge in [-0.2, -0.15) is 0 Å². The molecule has 0 aliphatic carbocycles. The molecule has 0 aromatic carbocycles. The smallest absolute Gasteiger partial charge is 0.227 e. The van der Waals surface area contributed by atoms with Crippen molar-refractivity contribution in [3.05, 3.63) is 0 Å². The average Bonchev–Trinajstić information content (AvgIpc) is 2.94. The molecule has 19 heavy (non-hydrogen) atoms. The van der Waals surface area contributed by atoms with E-state index in [1.165, 1.54) is 12.8 Å². The van der Waals surface area contributed by atoms with Gasteiger partial charge in [0.05, 0.1) is 12.0 Å². The van der Waals surface area contributed by atoms with E-state index in [-0.39, 0.29) is 11.8 Å².